The van der Waals surface area contributed by atoms with E-state index in [9.17, 15) is 4.79 Å². The fourth-order valence-electron chi connectivity index (χ4n) is 4.35. The second kappa shape index (κ2) is 8.60. The smallest absolute Gasteiger partial charge is 0.272 e. The summed E-state index contributed by atoms with van der Waals surface area (Å²) in [6, 6.07) is 21.4. The molecule has 0 aliphatic rings. The lowest BCUT2D eigenvalue weighted by Gasteiger charge is -2.06. The highest BCUT2D eigenvalue weighted by atomic mass is 16.1. The van der Waals surface area contributed by atoms with Crippen molar-refractivity contribution < 1.29 is 4.79 Å². The van der Waals surface area contributed by atoms with Crippen LogP contribution in [0.3, 0.4) is 0 Å². The lowest BCUT2D eigenvalue weighted by atomic mass is 10.2. The molecular weight excluding hydrogens is 440 g/mol. The minimum atomic E-state index is -0.232. The summed E-state index contributed by atoms with van der Waals surface area (Å²) in [6.07, 6.45) is 2.47. The van der Waals surface area contributed by atoms with E-state index in [2.05, 4.69) is 25.6 Å². The number of aromatic nitrogens is 7. The molecule has 0 aliphatic carbocycles. The molecule has 1 amide bonds. The molecule has 0 unspecified atom stereocenters. The molecule has 0 atom stereocenters. The molecule has 0 saturated heterocycles. The van der Waals surface area contributed by atoms with E-state index in [4.69, 9.17) is 4.98 Å². The van der Waals surface area contributed by atoms with Crippen molar-refractivity contribution in [1.29, 1.82) is 0 Å². The van der Waals surface area contributed by atoms with Crippen LogP contribution < -0.4 is 5.32 Å². The van der Waals surface area contributed by atoms with E-state index < -0.39 is 0 Å². The van der Waals surface area contributed by atoms with Crippen molar-refractivity contribution in [3.05, 3.63) is 96.0 Å². The highest BCUT2D eigenvalue weighted by molar-refractivity contribution is 6.04. The Hall–Kier alpha value is -4.66. The molecule has 4 aromatic heterocycles. The molecule has 0 spiro atoms. The van der Waals surface area contributed by atoms with Crippen LogP contribution in [0.25, 0.3) is 27.5 Å². The van der Waals surface area contributed by atoms with Gasteiger partial charge in [0, 0.05) is 35.6 Å². The summed E-state index contributed by atoms with van der Waals surface area (Å²) in [7, 11) is 0. The quantitative estimate of drug-likeness (QED) is 0.407. The van der Waals surface area contributed by atoms with Gasteiger partial charge in [0.05, 0.1) is 11.0 Å². The first-order valence-electron chi connectivity index (χ1n) is 11.4. The first kappa shape index (κ1) is 20.9. The minimum absolute atomic E-state index is 0.232. The second-order valence-corrected chi connectivity index (χ2v) is 8.32. The molecule has 0 bridgehead atoms. The molecule has 6 aromatic rings. The Labute approximate surface area is 200 Å². The van der Waals surface area contributed by atoms with Gasteiger partial charge in [0.1, 0.15) is 12.4 Å². The number of fused-ring (bicyclic) bond motifs is 3. The molecule has 0 radical (unpaired) electrons. The van der Waals surface area contributed by atoms with Gasteiger partial charge in [0.25, 0.3) is 5.91 Å². The number of amides is 1. The summed E-state index contributed by atoms with van der Waals surface area (Å²) in [5, 5.41) is 17.8. The highest BCUT2D eigenvalue weighted by Crippen LogP contribution is 2.20. The average molecular weight is 463 g/mol. The maximum atomic E-state index is 13.1. The number of aryl methyl sites for hydroxylation is 1. The number of para-hydroxylation sites is 2. The molecule has 172 valence electrons. The topological polar surface area (TPSA) is 103 Å². The molecule has 0 aliphatic heterocycles. The Morgan fingerprint density at radius 3 is 2.63 bits per heavy atom. The maximum Gasteiger partial charge on any atom is 0.272 e. The lowest BCUT2D eigenvalue weighted by molar-refractivity contribution is 0.0949. The Balaban J connectivity index is 1.24. The van der Waals surface area contributed by atoms with E-state index in [1.807, 2.05) is 84.3 Å². The number of nitrogens with zero attached hydrogens (tertiary/aromatic N) is 7. The fraction of sp³-hybridized carbons (Fsp3) is 0.154. The van der Waals surface area contributed by atoms with Gasteiger partial charge >= 0.3 is 0 Å². The van der Waals surface area contributed by atoms with Crippen LogP contribution in [-0.2, 0) is 13.0 Å². The zero-order chi connectivity index (χ0) is 23.8. The van der Waals surface area contributed by atoms with Crippen molar-refractivity contribution >= 4 is 33.4 Å². The van der Waals surface area contributed by atoms with E-state index >= 15 is 0 Å². The SMILES string of the molecule is Cc1nc(Cn2nc(C(=O)NCCc3nnc4ccccn34)c3ccccc32)nc2ccccc12. The van der Waals surface area contributed by atoms with Crippen LogP contribution in [0.15, 0.2) is 72.9 Å². The van der Waals surface area contributed by atoms with Crippen LogP contribution >= 0.6 is 0 Å². The molecular formula is C26H22N8O. The van der Waals surface area contributed by atoms with E-state index in [1.54, 1.807) is 4.68 Å². The van der Waals surface area contributed by atoms with E-state index in [-0.39, 0.29) is 5.91 Å². The van der Waals surface area contributed by atoms with Gasteiger partial charge in [0.2, 0.25) is 0 Å². The van der Waals surface area contributed by atoms with Gasteiger partial charge in [-0.25, -0.2) is 9.97 Å². The number of benzene rings is 2. The van der Waals surface area contributed by atoms with Gasteiger partial charge in [-0.3, -0.25) is 13.9 Å². The van der Waals surface area contributed by atoms with E-state index in [0.29, 0.717) is 31.0 Å². The minimum Gasteiger partial charge on any atom is -0.350 e. The number of carbonyl (C=O) groups excluding carboxylic acids is 1. The number of hydrogen-bond donors (Lipinski definition) is 1. The Bertz CT molecular complexity index is 1700. The molecule has 0 fully saturated rings. The van der Waals surface area contributed by atoms with Crippen molar-refractivity contribution in [3.63, 3.8) is 0 Å². The number of pyridine rings is 1. The third kappa shape index (κ3) is 3.86. The predicted molar refractivity (Wildman–Crippen MR) is 132 cm³/mol. The lowest BCUT2D eigenvalue weighted by Crippen LogP contribution is -2.27. The monoisotopic (exact) mass is 462 g/mol. The average Bonchev–Trinajstić information content (AvgIpc) is 3.46. The van der Waals surface area contributed by atoms with Gasteiger partial charge in [-0.2, -0.15) is 5.10 Å². The second-order valence-electron chi connectivity index (χ2n) is 8.32. The first-order chi connectivity index (χ1) is 17.2. The third-order valence-corrected chi connectivity index (χ3v) is 6.02. The van der Waals surface area contributed by atoms with Gasteiger partial charge in [0.15, 0.2) is 17.2 Å². The number of carbonyl (C=O) groups is 1. The molecule has 9 nitrogen and oxygen atoms in total. The molecule has 35 heavy (non-hydrogen) atoms. The van der Waals surface area contributed by atoms with Crippen LogP contribution in [0, 0.1) is 6.92 Å². The zero-order valence-corrected chi connectivity index (χ0v) is 19.1. The molecule has 4 heterocycles. The van der Waals surface area contributed by atoms with Gasteiger partial charge in [-0.1, -0.05) is 42.5 Å². The number of hydrogen-bond acceptors (Lipinski definition) is 6. The third-order valence-electron chi connectivity index (χ3n) is 6.02. The van der Waals surface area contributed by atoms with Crippen molar-refractivity contribution in [2.24, 2.45) is 0 Å². The molecule has 1 N–H and O–H groups in total. The summed E-state index contributed by atoms with van der Waals surface area (Å²) in [5.74, 6) is 1.21. The molecule has 0 saturated carbocycles. The highest BCUT2D eigenvalue weighted by Gasteiger charge is 2.18. The Morgan fingerprint density at radius 2 is 1.71 bits per heavy atom. The van der Waals surface area contributed by atoms with Crippen LogP contribution in [0.4, 0.5) is 0 Å². The summed E-state index contributed by atoms with van der Waals surface area (Å²) < 4.78 is 3.71. The van der Waals surface area contributed by atoms with Crippen molar-refractivity contribution in [1.82, 2.24) is 39.7 Å². The normalized spacial score (nSPS) is 11.5. The van der Waals surface area contributed by atoms with Crippen molar-refractivity contribution in [2.75, 3.05) is 6.54 Å². The summed E-state index contributed by atoms with van der Waals surface area (Å²) in [6.45, 7) is 2.76. The van der Waals surface area contributed by atoms with Crippen molar-refractivity contribution in [3.8, 4) is 0 Å². The fourth-order valence-corrected chi connectivity index (χ4v) is 4.35. The zero-order valence-electron chi connectivity index (χ0n) is 19.1. The van der Waals surface area contributed by atoms with E-state index in [1.165, 1.54) is 0 Å². The van der Waals surface area contributed by atoms with Crippen molar-refractivity contribution in [2.45, 2.75) is 19.9 Å². The van der Waals surface area contributed by atoms with Gasteiger partial charge in [-0.05, 0) is 31.2 Å². The first-order valence-corrected chi connectivity index (χ1v) is 11.4. The van der Waals surface area contributed by atoms with Crippen LogP contribution in [0.5, 0.6) is 0 Å². The summed E-state index contributed by atoms with van der Waals surface area (Å²) in [5.41, 5.74) is 3.83. The largest absolute Gasteiger partial charge is 0.350 e. The standard InChI is InChI=1S/C26H22N8O/c1-17-18-8-2-4-10-20(18)29-22(28-17)16-34-21-11-5-3-9-19(21)25(32-34)26(35)27-14-13-24-31-30-23-12-6-7-15-33(23)24/h2-12,15H,13-14,16H2,1H3,(H,27,35). The van der Waals surface area contributed by atoms with Crippen LogP contribution in [-0.4, -0.2) is 46.8 Å². The maximum absolute atomic E-state index is 13.1. The predicted octanol–water partition coefficient (Wildman–Crippen LogP) is 3.35. The summed E-state index contributed by atoms with van der Waals surface area (Å²) >= 11 is 0. The summed E-state index contributed by atoms with van der Waals surface area (Å²) in [4.78, 5) is 22.5. The number of nitrogens with one attached hydrogen (secondary N) is 1. The Morgan fingerprint density at radius 1 is 0.914 bits per heavy atom. The van der Waals surface area contributed by atoms with Crippen LogP contribution in [0.1, 0.15) is 27.8 Å². The molecule has 2 aromatic carbocycles. The van der Waals surface area contributed by atoms with E-state index in [0.717, 1.165) is 39.0 Å². The van der Waals surface area contributed by atoms with Crippen LogP contribution in [0.2, 0.25) is 0 Å². The molecule has 9 heteroatoms. The molecule has 6 rings (SSSR count). The van der Waals surface area contributed by atoms with Gasteiger partial charge in [-0.15, -0.1) is 10.2 Å². The number of rotatable bonds is 6. The Kier molecular flexibility index (Phi) is 5.14. The van der Waals surface area contributed by atoms with Gasteiger partial charge < -0.3 is 5.32 Å².